The molecule has 6 nitrogen and oxygen atoms in total. The summed E-state index contributed by atoms with van der Waals surface area (Å²) in [5, 5.41) is 0. The molecule has 3 aliphatic heterocycles. The van der Waals surface area contributed by atoms with E-state index in [4.69, 9.17) is 28.4 Å². The molecular weight excluding hydrogens is 624 g/mol. The molecule has 0 unspecified atom stereocenters. The molecule has 0 N–H and O–H groups in total. The minimum Gasteiger partial charge on any atom is -0.345 e. The van der Waals surface area contributed by atoms with Gasteiger partial charge in [-0.15, -0.1) is 0 Å². The molecule has 0 aromatic heterocycles. The first-order valence-corrected chi connectivity index (χ1v) is 20.2. The Kier molecular flexibility index (Phi) is 39.9. The van der Waals surface area contributed by atoms with Crippen LogP contribution in [0, 0.1) is 0 Å². The number of hydrogen-bond acceptors (Lipinski definition) is 6. The molecule has 50 heavy (non-hydrogen) atoms. The molecule has 0 spiro atoms. The van der Waals surface area contributed by atoms with Gasteiger partial charge in [0.05, 0.1) is 24.4 Å². The molecule has 3 heterocycles. The minimum atomic E-state index is -0.371. The van der Waals surface area contributed by atoms with Crippen LogP contribution in [-0.2, 0) is 28.4 Å². The van der Waals surface area contributed by atoms with Crippen LogP contribution in [0.2, 0.25) is 0 Å². The maximum atomic E-state index is 5.73. The van der Waals surface area contributed by atoms with E-state index in [1.807, 2.05) is 83.1 Å². The number of allylic oxidation sites excluding steroid dienone is 2. The van der Waals surface area contributed by atoms with E-state index in [0.29, 0.717) is 24.4 Å². The summed E-state index contributed by atoms with van der Waals surface area (Å²) in [6, 6.07) is 0. The van der Waals surface area contributed by atoms with E-state index < -0.39 is 0 Å². The Morgan fingerprint density at radius 2 is 0.660 bits per heavy atom. The Morgan fingerprint density at radius 3 is 0.920 bits per heavy atom. The molecule has 4 fully saturated rings. The molecule has 0 bridgehead atoms. The largest absolute Gasteiger partial charge is 0.345 e. The molecule has 306 valence electrons. The van der Waals surface area contributed by atoms with E-state index in [9.17, 15) is 0 Å². The van der Waals surface area contributed by atoms with Crippen LogP contribution in [0.15, 0.2) is 24.3 Å². The van der Waals surface area contributed by atoms with Gasteiger partial charge in [-0.25, -0.2) is 0 Å². The van der Waals surface area contributed by atoms with Crippen LogP contribution in [0.3, 0.4) is 0 Å². The SMILES string of the molecule is C.C.CC.CC.CC.CC1(C)O[C@H]2C=CCC[C@H]2O1.CC1(C)O[C@H]2CCC=C[C@H]2O1.CC1(C)O[C@H]2CCCC[C@H]2O1.CCC.CCC.CCC. The number of ether oxygens (including phenoxy) is 6. The van der Waals surface area contributed by atoms with E-state index in [1.54, 1.807) is 0 Å². The lowest BCUT2D eigenvalue weighted by Crippen LogP contribution is -2.25. The van der Waals surface area contributed by atoms with Crippen LogP contribution in [0.4, 0.5) is 0 Å². The van der Waals surface area contributed by atoms with Crippen LogP contribution >= 0.6 is 0 Å². The van der Waals surface area contributed by atoms with Gasteiger partial charge in [-0.3, -0.25) is 0 Å². The fourth-order valence-corrected chi connectivity index (χ4v) is 5.57. The maximum absolute atomic E-state index is 5.73. The van der Waals surface area contributed by atoms with Crippen molar-refractivity contribution < 1.29 is 28.4 Å². The third-order valence-electron chi connectivity index (χ3n) is 6.84. The third-order valence-corrected chi connectivity index (χ3v) is 6.84. The first-order valence-electron chi connectivity index (χ1n) is 20.2. The summed E-state index contributed by atoms with van der Waals surface area (Å²) in [5.74, 6) is -1.06. The average molecular weight is 719 g/mol. The molecule has 1 saturated carbocycles. The lowest BCUT2D eigenvalue weighted by molar-refractivity contribution is -0.145. The second-order valence-electron chi connectivity index (χ2n) is 13.4. The third kappa shape index (κ3) is 26.1. The Morgan fingerprint density at radius 1 is 0.420 bits per heavy atom. The van der Waals surface area contributed by atoms with Crippen molar-refractivity contribution in [2.24, 2.45) is 0 Å². The summed E-state index contributed by atoms with van der Waals surface area (Å²) >= 11 is 0. The molecule has 6 rings (SSSR count). The van der Waals surface area contributed by atoms with Crippen LogP contribution in [0.25, 0.3) is 0 Å². The molecular formula is C44H94O6. The zero-order valence-corrected chi connectivity index (χ0v) is 35.5. The van der Waals surface area contributed by atoms with E-state index in [1.165, 1.54) is 44.9 Å². The second kappa shape index (κ2) is 34.0. The van der Waals surface area contributed by atoms with Crippen LogP contribution in [0.5, 0.6) is 0 Å². The Bertz CT molecular complexity index is 697. The molecule has 6 aliphatic rings. The van der Waals surface area contributed by atoms with Crippen molar-refractivity contribution in [2.75, 3.05) is 0 Å². The van der Waals surface area contributed by atoms with Crippen molar-refractivity contribution in [1.82, 2.24) is 0 Å². The Balaban J connectivity index is -0.000000167. The monoisotopic (exact) mass is 719 g/mol. The summed E-state index contributed by atoms with van der Waals surface area (Å²) in [4.78, 5) is 0. The van der Waals surface area contributed by atoms with Crippen LogP contribution in [0.1, 0.15) is 210 Å². The van der Waals surface area contributed by atoms with E-state index in [0.717, 1.165) is 25.7 Å². The highest BCUT2D eigenvalue weighted by atomic mass is 16.8. The summed E-state index contributed by atoms with van der Waals surface area (Å²) in [6.07, 6.45) is 23.6. The Hall–Kier alpha value is -0.760. The van der Waals surface area contributed by atoms with Crippen molar-refractivity contribution in [3.05, 3.63) is 24.3 Å². The van der Waals surface area contributed by atoms with Gasteiger partial charge in [-0.2, -0.15) is 0 Å². The van der Waals surface area contributed by atoms with Crippen LogP contribution < -0.4 is 0 Å². The lowest BCUT2D eigenvalue weighted by atomic mass is 9.95. The van der Waals surface area contributed by atoms with Gasteiger partial charge >= 0.3 is 0 Å². The molecule has 3 saturated heterocycles. The lowest BCUT2D eigenvalue weighted by Gasteiger charge is -2.21. The fourth-order valence-electron chi connectivity index (χ4n) is 5.57. The van der Waals surface area contributed by atoms with Gasteiger partial charge in [0.2, 0.25) is 0 Å². The normalized spacial score (nSPS) is 28.5. The second-order valence-corrected chi connectivity index (χ2v) is 13.4. The number of hydrogen-bond donors (Lipinski definition) is 0. The molecule has 0 aromatic rings. The maximum Gasteiger partial charge on any atom is 0.164 e. The molecule has 0 amide bonds. The molecule has 6 heteroatoms. The van der Waals surface area contributed by atoms with Crippen molar-refractivity contribution in [1.29, 1.82) is 0 Å². The van der Waals surface area contributed by atoms with Gasteiger partial charge in [-0.1, -0.05) is 154 Å². The molecule has 0 aromatic carbocycles. The van der Waals surface area contributed by atoms with Crippen molar-refractivity contribution >= 4 is 0 Å². The standard InChI is InChI=1S/C9H16O2.2C9H14O2.3C3H8.3C2H6.2CH4/c3*1-9(2)10-7-5-3-4-6-8(7)11-9;3*1-3-2;3*1-2;;/h7-8H,3-6H2,1-2H3;2*3,5,7-8H,4,6H2,1-2H3;3*3H2,1-2H3;3*1-2H3;2*1H4/t3*7-,8+;;;;;;;;/m.10......../s1. The summed E-state index contributed by atoms with van der Waals surface area (Å²) in [6.45, 7) is 36.6. The van der Waals surface area contributed by atoms with Gasteiger partial charge in [0.15, 0.2) is 17.4 Å². The van der Waals surface area contributed by atoms with Crippen LogP contribution in [-0.4, -0.2) is 54.0 Å². The Labute approximate surface area is 316 Å². The van der Waals surface area contributed by atoms with Crippen molar-refractivity contribution in [3.63, 3.8) is 0 Å². The van der Waals surface area contributed by atoms with Gasteiger partial charge in [0.1, 0.15) is 12.2 Å². The minimum absolute atomic E-state index is 0. The highest BCUT2D eigenvalue weighted by molar-refractivity contribution is 5.03. The zero-order valence-electron chi connectivity index (χ0n) is 35.5. The van der Waals surface area contributed by atoms with Crippen molar-refractivity contribution in [2.45, 2.75) is 264 Å². The highest BCUT2D eigenvalue weighted by Gasteiger charge is 2.42. The highest BCUT2D eigenvalue weighted by Crippen LogP contribution is 2.37. The van der Waals surface area contributed by atoms with E-state index in [2.05, 4.69) is 65.8 Å². The van der Waals surface area contributed by atoms with Gasteiger partial charge in [-0.05, 0) is 80.1 Å². The molecule has 6 atom stereocenters. The first-order chi connectivity index (χ1) is 22.8. The van der Waals surface area contributed by atoms with Gasteiger partial charge in [0, 0.05) is 0 Å². The quantitative estimate of drug-likeness (QED) is 0.232. The van der Waals surface area contributed by atoms with Gasteiger partial charge in [0.25, 0.3) is 0 Å². The van der Waals surface area contributed by atoms with E-state index >= 15 is 0 Å². The summed E-state index contributed by atoms with van der Waals surface area (Å²) in [5.41, 5.74) is 0. The predicted molar refractivity (Wildman–Crippen MR) is 222 cm³/mol. The topological polar surface area (TPSA) is 55.4 Å². The molecule has 0 radical (unpaired) electrons. The molecule has 3 aliphatic carbocycles. The van der Waals surface area contributed by atoms with E-state index in [-0.39, 0.29) is 44.4 Å². The van der Waals surface area contributed by atoms with Gasteiger partial charge < -0.3 is 28.4 Å². The smallest absolute Gasteiger partial charge is 0.164 e. The first kappa shape index (κ1) is 58.5. The fraction of sp³-hybridized carbons (Fsp3) is 0.909. The number of rotatable bonds is 0. The average Bonchev–Trinajstić information content (AvgIpc) is 3.67. The zero-order chi connectivity index (χ0) is 37.8. The van der Waals surface area contributed by atoms with Crippen molar-refractivity contribution in [3.8, 4) is 0 Å². The number of fused-ring (bicyclic) bond motifs is 3. The summed E-state index contributed by atoms with van der Waals surface area (Å²) < 4.78 is 34.1. The summed E-state index contributed by atoms with van der Waals surface area (Å²) in [7, 11) is 0. The predicted octanol–water partition coefficient (Wildman–Crippen LogP) is 14.4.